The van der Waals surface area contributed by atoms with Crippen molar-refractivity contribution in [2.75, 3.05) is 19.7 Å². The van der Waals surface area contributed by atoms with Crippen molar-refractivity contribution in [3.8, 4) is 0 Å². The van der Waals surface area contributed by atoms with Crippen molar-refractivity contribution in [2.45, 2.75) is 38.1 Å². The summed E-state index contributed by atoms with van der Waals surface area (Å²) < 4.78 is 43.0. The van der Waals surface area contributed by atoms with Crippen LogP contribution in [0, 0.1) is 11.3 Å². The average Bonchev–Trinajstić information content (AvgIpc) is 2.88. The Bertz CT molecular complexity index is 534. The molecular weight excluding hydrogens is 301 g/mol. The quantitative estimate of drug-likeness (QED) is 0.886. The van der Waals surface area contributed by atoms with Crippen LogP contribution in [-0.2, 0) is 12.7 Å². The molecule has 22 heavy (non-hydrogen) atoms. The zero-order valence-electron chi connectivity index (χ0n) is 12.0. The number of likely N-dealkylation sites (tertiary alicyclic amines) is 1. The molecule has 2 aliphatic rings. The largest absolute Gasteiger partial charge is 0.451 e. The third-order valence-electron chi connectivity index (χ3n) is 4.94. The summed E-state index contributed by atoms with van der Waals surface area (Å²) in [6.45, 7) is 0.723. The first kappa shape index (κ1) is 15.8. The minimum absolute atomic E-state index is 0.0102. The van der Waals surface area contributed by atoms with E-state index in [4.69, 9.17) is 0 Å². The van der Waals surface area contributed by atoms with E-state index in [-0.39, 0.29) is 24.8 Å². The van der Waals surface area contributed by atoms with Crippen LogP contribution < -0.4 is 0 Å². The Morgan fingerprint density at radius 2 is 2.23 bits per heavy atom. The number of hydrogen-bond donors (Lipinski definition) is 2. The molecule has 1 aliphatic carbocycles. The number of oxazole rings is 1. The third-order valence-corrected chi connectivity index (χ3v) is 4.94. The van der Waals surface area contributed by atoms with Crippen molar-refractivity contribution in [3.05, 3.63) is 17.8 Å². The lowest BCUT2D eigenvalue weighted by molar-refractivity contribution is -0.155. The molecule has 0 amide bonds. The molecule has 1 aliphatic heterocycles. The molecule has 8 heteroatoms. The van der Waals surface area contributed by atoms with Gasteiger partial charge in [-0.25, -0.2) is 4.98 Å². The van der Waals surface area contributed by atoms with E-state index in [1.807, 2.05) is 4.90 Å². The van der Waals surface area contributed by atoms with Crippen LogP contribution >= 0.6 is 0 Å². The molecule has 1 aromatic heterocycles. The van der Waals surface area contributed by atoms with Crippen LogP contribution in [0.15, 0.2) is 10.8 Å². The number of nitrogens with zero attached hydrogens (tertiary/aromatic N) is 2. The van der Waals surface area contributed by atoms with Crippen LogP contribution in [0.4, 0.5) is 13.2 Å². The van der Waals surface area contributed by atoms with Crippen LogP contribution in [0.5, 0.6) is 0 Å². The third kappa shape index (κ3) is 2.63. The number of halogens is 3. The highest BCUT2D eigenvalue weighted by molar-refractivity contribution is 5.12. The fraction of sp³-hybridized carbons (Fsp3) is 0.786. The highest BCUT2D eigenvalue weighted by Crippen LogP contribution is 2.44. The SMILES string of the molecule is OCC12CCCC(CN(Cc3ncoc3C(F)(F)F)C1)C2O. The van der Waals surface area contributed by atoms with E-state index in [1.165, 1.54) is 0 Å². The number of hydrogen-bond acceptors (Lipinski definition) is 5. The summed E-state index contributed by atoms with van der Waals surface area (Å²) in [5, 5.41) is 20.1. The van der Waals surface area contributed by atoms with E-state index in [0.29, 0.717) is 19.5 Å². The lowest BCUT2D eigenvalue weighted by Crippen LogP contribution is -2.60. The van der Waals surface area contributed by atoms with Gasteiger partial charge < -0.3 is 14.6 Å². The first-order valence-corrected chi connectivity index (χ1v) is 7.36. The number of piperidine rings is 1. The summed E-state index contributed by atoms with van der Waals surface area (Å²) in [5.74, 6) is -1.09. The molecule has 3 atom stereocenters. The van der Waals surface area contributed by atoms with Gasteiger partial charge in [0, 0.05) is 25.0 Å². The van der Waals surface area contributed by atoms with E-state index in [2.05, 4.69) is 9.40 Å². The first-order chi connectivity index (χ1) is 10.4. The minimum Gasteiger partial charge on any atom is -0.439 e. The molecule has 2 N–H and O–H groups in total. The maximum atomic E-state index is 12.8. The standard InChI is InChI=1S/C14H19F3N2O3/c15-14(16,17)12-10(18-8-22-12)5-19-4-9-2-1-3-13(6-19,7-20)11(9)21/h8-9,11,20-21H,1-7H2. The van der Waals surface area contributed by atoms with E-state index in [0.717, 1.165) is 19.2 Å². The maximum absolute atomic E-state index is 12.8. The Labute approximate surface area is 125 Å². The number of alkyl halides is 3. The minimum atomic E-state index is -4.56. The van der Waals surface area contributed by atoms with Crippen LogP contribution in [0.25, 0.3) is 0 Å². The Morgan fingerprint density at radius 3 is 2.91 bits per heavy atom. The molecule has 0 radical (unpaired) electrons. The summed E-state index contributed by atoms with van der Waals surface area (Å²) in [7, 11) is 0. The van der Waals surface area contributed by atoms with Gasteiger partial charge >= 0.3 is 6.18 Å². The number of aliphatic hydroxyl groups excluding tert-OH is 2. The Morgan fingerprint density at radius 1 is 1.45 bits per heavy atom. The second-order valence-corrected chi connectivity index (χ2v) is 6.41. The smallest absolute Gasteiger partial charge is 0.439 e. The van der Waals surface area contributed by atoms with Gasteiger partial charge in [-0.15, -0.1) is 0 Å². The molecule has 1 saturated carbocycles. The molecule has 3 rings (SSSR count). The van der Waals surface area contributed by atoms with Gasteiger partial charge in [0.25, 0.3) is 0 Å². The molecule has 0 spiro atoms. The second kappa shape index (κ2) is 5.50. The lowest BCUT2D eigenvalue weighted by atomic mass is 9.64. The highest BCUT2D eigenvalue weighted by Gasteiger charge is 2.50. The number of aliphatic hydroxyl groups is 2. The van der Waals surface area contributed by atoms with Crippen molar-refractivity contribution in [3.63, 3.8) is 0 Å². The summed E-state index contributed by atoms with van der Waals surface area (Å²) in [6, 6.07) is 0. The van der Waals surface area contributed by atoms with E-state index in [1.54, 1.807) is 0 Å². The zero-order chi connectivity index (χ0) is 16.0. The van der Waals surface area contributed by atoms with Gasteiger partial charge in [0.1, 0.15) is 5.69 Å². The highest BCUT2D eigenvalue weighted by atomic mass is 19.4. The van der Waals surface area contributed by atoms with Crippen molar-refractivity contribution in [1.29, 1.82) is 0 Å². The van der Waals surface area contributed by atoms with E-state index < -0.39 is 23.5 Å². The Kier molecular flexibility index (Phi) is 3.94. The molecule has 1 saturated heterocycles. The van der Waals surface area contributed by atoms with Crippen LogP contribution in [0.1, 0.15) is 30.7 Å². The van der Waals surface area contributed by atoms with E-state index in [9.17, 15) is 23.4 Å². The van der Waals surface area contributed by atoms with Crippen molar-refractivity contribution in [1.82, 2.24) is 9.88 Å². The average molecular weight is 320 g/mol. The molecule has 3 unspecified atom stereocenters. The molecule has 0 aromatic carbocycles. The Hall–Kier alpha value is -1.12. The number of fused-ring (bicyclic) bond motifs is 2. The monoisotopic (exact) mass is 320 g/mol. The lowest BCUT2D eigenvalue weighted by Gasteiger charge is -2.52. The molecule has 2 heterocycles. The summed E-state index contributed by atoms with van der Waals surface area (Å²) in [4.78, 5) is 5.52. The van der Waals surface area contributed by atoms with Gasteiger partial charge in [-0.2, -0.15) is 13.2 Å². The molecule has 1 aromatic rings. The summed E-state index contributed by atoms with van der Waals surface area (Å²) >= 11 is 0. The number of rotatable bonds is 3. The van der Waals surface area contributed by atoms with Crippen LogP contribution in [0.3, 0.4) is 0 Å². The van der Waals surface area contributed by atoms with Crippen molar-refractivity contribution < 1.29 is 27.8 Å². The van der Waals surface area contributed by atoms with Gasteiger partial charge in [0.15, 0.2) is 6.39 Å². The van der Waals surface area contributed by atoms with Gasteiger partial charge in [-0.05, 0) is 18.8 Å². The van der Waals surface area contributed by atoms with Gasteiger partial charge in [-0.1, -0.05) is 6.42 Å². The molecular formula is C14H19F3N2O3. The van der Waals surface area contributed by atoms with Crippen molar-refractivity contribution in [2.24, 2.45) is 11.3 Å². The molecule has 5 nitrogen and oxygen atoms in total. The fourth-order valence-corrected chi connectivity index (χ4v) is 3.89. The second-order valence-electron chi connectivity index (χ2n) is 6.41. The number of aromatic nitrogens is 1. The topological polar surface area (TPSA) is 69.7 Å². The Balaban J connectivity index is 1.79. The zero-order valence-corrected chi connectivity index (χ0v) is 12.0. The fourth-order valence-electron chi connectivity index (χ4n) is 3.89. The summed E-state index contributed by atoms with van der Waals surface area (Å²) in [6.07, 6.45) is -1.92. The maximum Gasteiger partial charge on any atom is 0.451 e. The van der Waals surface area contributed by atoms with Crippen LogP contribution in [-0.4, -0.2) is 45.9 Å². The summed E-state index contributed by atoms with van der Waals surface area (Å²) in [5.41, 5.74) is -0.779. The molecule has 124 valence electrons. The predicted octanol–water partition coefficient (Wildman–Crippen LogP) is 1.65. The normalized spacial score (nSPS) is 33.1. The molecule has 2 bridgehead atoms. The van der Waals surface area contributed by atoms with Gasteiger partial charge in [0.2, 0.25) is 5.76 Å². The van der Waals surface area contributed by atoms with E-state index >= 15 is 0 Å². The predicted molar refractivity (Wildman–Crippen MR) is 69.6 cm³/mol. The van der Waals surface area contributed by atoms with Gasteiger partial charge in [0.05, 0.1) is 12.7 Å². The van der Waals surface area contributed by atoms with Crippen LogP contribution in [0.2, 0.25) is 0 Å². The molecule has 2 fully saturated rings. The first-order valence-electron chi connectivity index (χ1n) is 7.36. The van der Waals surface area contributed by atoms with Crippen molar-refractivity contribution >= 4 is 0 Å². The van der Waals surface area contributed by atoms with Gasteiger partial charge in [-0.3, -0.25) is 4.90 Å².